The van der Waals surface area contributed by atoms with Crippen molar-refractivity contribution in [1.82, 2.24) is 9.80 Å². The Morgan fingerprint density at radius 1 is 1.19 bits per heavy atom. The summed E-state index contributed by atoms with van der Waals surface area (Å²) in [6.07, 6.45) is 2.51. The van der Waals surface area contributed by atoms with Crippen LogP contribution in [0.3, 0.4) is 0 Å². The highest BCUT2D eigenvalue weighted by Gasteiger charge is 2.37. The Morgan fingerprint density at radius 2 is 1.96 bits per heavy atom. The smallest absolute Gasteiger partial charge is 0.273 e. The van der Waals surface area contributed by atoms with Gasteiger partial charge in [0.05, 0.1) is 22.7 Å². The lowest BCUT2D eigenvalue weighted by Crippen LogP contribution is -2.60. The lowest BCUT2D eigenvalue weighted by atomic mass is 9.99. The molecule has 0 amide bonds. The van der Waals surface area contributed by atoms with Gasteiger partial charge in [-0.1, -0.05) is 6.92 Å². The number of nitrogens with zero attached hydrogens (tertiary/aromatic N) is 4. The van der Waals surface area contributed by atoms with Crippen LogP contribution in [0.1, 0.15) is 25.3 Å². The van der Waals surface area contributed by atoms with Crippen LogP contribution in [0.15, 0.2) is 12.1 Å². The number of hydrogen-bond donors (Lipinski definition) is 0. The van der Waals surface area contributed by atoms with E-state index in [4.69, 9.17) is 4.74 Å². The summed E-state index contributed by atoms with van der Waals surface area (Å²) in [6, 6.07) is 4.25. The van der Waals surface area contributed by atoms with Crippen molar-refractivity contribution in [2.75, 3.05) is 50.8 Å². The summed E-state index contributed by atoms with van der Waals surface area (Å²) in [7, 11) is 0. The minimum Gasteiger partial charge on any atom is -0.489 e. The molecule has 0 aliphatic carbocycles. The zero-order chi connectivity index (χ0) is 18.3. The van der Waals surface area contributed by atoms with Gasteiger partial charge >= 0.3 is 0 Å². The summed E-state index contributed by atoms with van der Waals surface area (Å²) in [5.74, 6) is 0.664. The van der Waals surface area contributed by atoms with E-state index >= 15 is 0 Å². The highest BCUT2D eigenvalue weighted by atomic mass is 16.6. The van der Waals surface area contributed by atoms with Crippen LogP contribution in [-0.4, -0.2) is 72.7 Å². The molecular formula is C19H28N4O3. The van der Waals surface area contributed by atoms with Crippen LogP contribution < -0.4 is 9.64 Å². The summed E-state index contributed by atoms with van der Waals surface area (Å²) in [4.78, 5) is 18.4. The highest BCUT2D eigenvalue weighted by molar-refractivity contribution is 5.69. The first kappa shape index (κ1) is 17.5. The van der Waals surface area contributed by atoms with Gasteiger partial charge in [-0.25, -0.2) is 0 Å². The first-order valence-electron chi connectivity index (χ1n) is 9.71. The Kier molecular flexibility index (Phi) is 4.75. The molecule has 0 bridgehead atoms. The van der Waals surface area contributed by atoms with Gasteiger partial charge in [-0.05, 0) is 45.0 Å². The fraction of sp³-hybridized carbons (Fsp3) is 0.684. The third-order valence-electron chi connectivity index (χ3n) is 6.21. The van der Waals surface area contributed by atoms with Crippen LogP contribution >= 0.6 is 0 Å². The zero-order valence-corrected chi connectivity index (χ0v) is 15.7. The number of benzene rings is 1. The van der Waals surface area contributed by atoms with E-state index < -0.39 is 0 Å². The van der Waals surface area contributed by atoms with Gasteiger partial charge in [0.15, 0.2) is 0 Å². The minimum atomic E-state index is -0.344. The van der Waals surface area contributed by atoms with E-state index in [0.29, 0.717) is 24.4 Å². The fourth-order valence-corrected chi connectivity index (χ4v) is 4.75. The molecule has 3 aliphatic rings. The quantitative estimate of drug-likeness (QED) is 0.609. The molecule has 0 unspecified atom stereocenters. The number of hydrogen-bond acceptors (Lipinski definition) is 6. The number of aryl methyl sites for hydroxylation is 1. The summed E-state index contributed by atoms with van der Waals surface area (Å²) < 4.78 is 5.95. The lowest BCUT2D eigenvalue weighted by molar-refractivity contribution is -0.385. The average Bonchev–Trinajstić information content (AvgIpc) is 2.67. The number of likely N-dealkylation sites (tertiary alicyclic amines) is 1. The highest BCUT2D eigenvalue weighted by Crippen LogP contribution is 2.41. The van der Waals surface area contributed by atoms with E-state index in [-0.39, 0.29) is 10.6 Å². The van der Waals surface area contributed by atoms with Gasteiger partial charge in [-0.2, -0.15) is 0 Å². The van der Waals surface area contributed by atoms with Crippen LogP contribution in [-0.2, 0) is 0 Å². The van der Waals surface area contributed by atoms with E-state index in [1.54, 1.807) is 12.1 Å². The van der Waals surface area contributed by atoms with Crippen LogP contribution in [0.4, 0.5) is 11.4 Å². The van der Waals surface area contributed by atoms with E-state index in [9.17, 15) is 10.1 Å². The van der Waals surface area contributed by atoms with Crippen LogP contribution in [0.2, 0.25) is 0 Å². The lowest BCUT2D eigenvalue weighted by Gasteiger charge is -2.49. The molecule has 26 heavy (non-hydrogen) atoms. The second-order valence-electron chi connectivity index (χ2n) is 7.69. The van der Waals surface area contributed by atoms with Crippen molar-refractivity contribution >= 4 is 11.4 Å². The summed E-state index contributed by atoms with van der Waals surface area (Å²) >= 11 is 0. The molecule has 2 saturated heterocycles. The normalized spacial score (nSPS) is 24.7. The molecule has 1 atom stereocenters. The van der Waals surface area contributed by atoms with Crippen molar-refractivity contribution < 1.29 is 9.66 Å². The van der Waals surface area contributed by atoms with Gasteiger partial charge in [-0.15, -0.1) is 0 Å². The summed E-state index contributed by atoms with van der Waals surface area (Å²) in [5.41, 5.74) is 2.09. The van der Waals surface area contributed by atoms with Gasteiger partial charge in [0.2, 0.25) is 0 Å². The van der Waals surface area contributed by atoms with Crippen LogP contribution in [0.5, 0.6) is 5.75 Å². The molecule has 1 aromatic rings. The Balaban J connectivity index is 1.48. The Hall–Kier alpha value is -1.86. The van der Waals surface area contributed by atoms with Gasteiger partial charge in [0.25, 0.3) is 5.69 Å². The molecule has 0 radical (unpaired) electrons. The van der Waals surface area contributed by atoms with E-state index in [0.717, 1.165) is 37.4 Å². The van der Waals surface area contributed by atoms with Crippen molar-refractivity contribution in [2.45, 2.75) is 38.8 Å². The SMILES string of the molecule is CCN1CCC(N2CCN3c4c(C)cc([N+](=O)[O-])cc4OC[C@H]3C2)CC1. The van der Waals surface area contributed by atoms with Gasteiger partial charge < -0.3 is 14.5 Å². The molecule has 3 aliphatic heterocycles. The molecule has 7 heteroatoms. The third kappa shape index (κ3) is 3.14. The number of piperidine rings is 1. The summed E-state index contributed by atoms with van der Waals surface area (Å²) in [5, 5.41) is 11.1. The number of anilines is 1. The molecule has 0 N–H and O–H groups in total. The van der Waals surface area contributed by atoms with E-state index in [1.807, 2.05) is 6.92 Å². The first-order valence-corrected chi connectivity index (χ1v) is 9.71. The van der Waals surface area contributed by atoms with Crippen molar-refractivity contribution in [1.29, 1.82) is 0 Å². The monoisotopic (exact) mass is 360 g/mol. The molecular weight excluding hydrogens is 332 g/mol. The maximum absolute atomic E-state index is 11.1. The molecule has 4 rings (SSSR count). The van der Waals surface area contributed by atoms with Gasteiger partial charge in [0.1, 0.15) is 12.4 Å². The maximum Gasteiger partial charge on any atom is 0.273 e. The predicted molar refractivity (Wildman–Crippen MR) is 101 cm³/mol. The second-order valence-corrected chi connectivity index (χ2v) is 7.69. The predicted octanol–water partition coefficient (Wildman–Crippen LogP) is 2.27. The third-order valence-corrected chi connectivity index (χ3v) is 6.21. The average molecular weight is 360 g/mol. The van der Waals surface area contributed by atoms with Crippen molar-refractivity contribution in [3.8, 4) is 5.75 Å². The maximum atomic E-state index is 11.1. The number of rotatable bonds is 3. The Labute approximate surface area is 154 Å². The largest absolute Gasteiger partial charge is 0.489 e. The van der Waals surface area contributed by atoms with Crippen LogP contribution in [0, 0.1) is 17.0 Å². The molecule has 0 aromatic heterocycles. The minimum absolute atomic E-state index is 0.112. The number of ether oxygens (including phenoxy) is 1. The number of nitro groups is 1. The van der Waals surface area contributed by atoms with Gasteiger partial charge in [0, 0.05) is 31.7 Å². The molecule has 2 fully saturated rings. The van der Waals surface area contributed by atoms with Crippen molar-refractivity contribution in [3.05, 3.63) is 27.8 Å². The van der Waals surface area contributed by atoms with Crippen LogP contribution in [0.25, 0.3) is 0 Å². The second kappa shape index (κ2) is 7.04. The molecule has 142 valence electrons. The number of piperazine rings is 1. The zero-order valence-electron chi connectivity index (χ0n) is 15.7. The van der Waals surface area contributed by atoms with Crippen molar-refractivity contribution in [2.24, 2.45) is 0 Å². The molecule has 0 spiro atoms. The molecule has 3 heterocycles. The topological polar surface area (TPSA) is 62.1 Å². The first-order chi connectivity index (χ1) is 12.6. The van der Waals surface area contributed by atoms with Crippen molar-refractivity contribution in [3.63, 3.8) is 0 Å². The Morgan fingerprint density at radius 3 is 2.65 bits per heavy atom. The molecule has 0 saturated carbocycles. The Bertz CT molecular complexity index is 688. The summed E-state index contributed by atoms with van der Waals surface area (Å²) in [6.45, 7) is 11.4. The standard InChI is InChI=1S/C19H28N4O3/c1-3-20-6-4-15(5-7-20)21-8-9-22-17(12-21)13-26-18-11-16(23(24)25)10-14(2)19(18)22/h10-11,15,17H,3-9,12-13H2,1-2H3/t17-/m1/s1. The molecule has 1 aromatic carbocycles. The number of non-ortho nitro benzene ring substituents is 1. The number of fused-ring (bicyclic) bond motifs is 3. The fourth-order valence-electron chi connectivity index (χ4n) is 4.75. The molecule has 7 nitrogen and oxygen atoms in total. The van der Waals surface area contributed by atoms with E-state index in [1.165, 1.54) is 25.9 Å². The van der Waals surface area contributed by atoms with E-state index in [2.05, 4.69) is 21.6 Å². The van der Waals surface area contributed by atoms with Gasteiger partial charge in [-0.3, -0.25) is 15.0 Å². The number of nitro benzene ring substituents is 1.